The van der Waals surface area contributed by atoms with E-state index >= 15 is 0 Å². The van der Waals surface area contributed by atoms with Gasteiger partial charge in [0.2, 0.25) is 0 Å². The number of carboxylic acid groups (broad SMARTS) is 1. The minimum Gasteiger partial charge on any atom is -0.478 e. The number of rotatable bonds is 5. The van der Waals surface area contributed by atoms with E-state index < -0.39 is 5.97 Å². The molecule has 1 atom stereocenters. The van der Waals surface area contributed by atoms with Crippen molar-refractivity contribution in [3.05, 3.63) is 35.4 Å². The third-order valence-electron chi connectivity index (χ3n) is 2.63. The first-order valence-electron chi connectivity index (χ1n) is 5.44. The summed E-state index contributed by atoms with van der Waals surface area (Å²) in [4.78, 5) is 10.8. The Labute approximate surface area is 96.1 Å². The summed E-state index contributed by atoms with van der Waals surface area (Å²) in [6, 6.07) is 6.84. The van der Waals surface area contributed by atoms with E-state index in [1.165, 1.54) is 0 Å². The van der Waals surface area contributed by atoms with Gasteiger partial charge in [-0.05, 0) is 30.5 Å². The van der Waals surface area contributed by atoms with Crippen molar-refractivity contribution in [1.82, 2.24) is 0 Å². The number of carbonyl (C=O) groups is 1. The molecular weight excluding hydrogens is 204 g/mol. The third kappa shape index (κ3) is 3.66. The molecule has 0 saturated carbocycles. The normalized spacial score (nSPS) is 12.8. The second-order valence-electron chi connectivity index (χ2n) is 4.27. The predicted molar refractivity (Wildman–Crippen MR) is 62.5 cm³/mol. The number of hydrogen-bond donors (Lipinski definition) is 1. The van der Waals surface area contributed by atoms with Crippen molar-refractivity contribution in [2.75, 3.05) is 0 Å². The highest BCUT2D eigenvalue weighted by Crippen LogP contribution is 2.11. The number of benzene rings is 1. The average Bonchev–Trinajstić information content (AvgIpc) is 2.26. The second-order valence-corrected chi connectivity index (χ2v) is 4.27. The van der Waals surface area contributed by atoms with Crippen molar-refractivity contribution in [3.63, 3.8) is 0 Å². The van der Waals surface area contributed by atoms with Crippen molar-refractivity contribution in [1.29, 1.82) is 0 Å². The summed E-state index contributed by atoms with van der Waals surface area (Å²) in [7, 11) is 0. The van der Waals surface area contributed by atoms with Crippen molar-refractivity contribution < 1.29 is 14.6 Å². The Bertz CT molecular complexity index is 358. The molecule has 0 bridgehead atoms. The zero-order valence-electron chi connectivity index (χ0n) is 9.93. The summed E-state index contributed by atoms with van der Waals surface area (Å²) in [6.07, 6.45) is 0.175. The lowest BCUT2D eigenvalue weighted by Gasteiger charge is -2.16. The van der Waals surface area contributed by atoms with Crippen LogP contribution in [-0.2, 0) is 11.3 Å². The molecule has 0 saturated heterocycles. The molecule has 1 rings (SSSR count). The van der Waals surface area contributed by atoms with Crippen molar-refractivity contribution in [2.24, 2.45) is 5.92 Å². The Balaban J connectivity index is 2.61. The summed E-state index contributed by atoms with van der Waals surface area (Å²) in [6.45, 7) is 6.67. The lowest BCUT2D eigenvalue weighted by Crippen LogP contribution is -2.15. The zero-order chi connectivity index (χ0) is 12.1. The van der Waals surface area contributed by atoms with Gasteiger partial charge in [-0.15, -0.1) is 0 Å². The summed E-state index contributed by atoms with van der Waals surface area (Å²) in [5.41, 5.74) is 1.20. The van der Waals surface area contributed by atoms with E-state index in [1.807, 2.05) is 13.0 Å². The number of aromatic carboxylic acids is 1. The minimum atomic E-state index is -0.904. The maximum absolute atomic E-state index is 10.8. The molecule has 3 heteroatoms. The summed E-state index contributed by atoms with van der Waals surface area (Å²) in [5.74, 6) is -0.443. The molecule has 1 N–H and O–H groups in total. The van der Waals surface area contributed by atoms with Gasteiger partial charge < -0.3 is 9.84 Å². The first-order valence-corrected chi connectivity index (χ1v) is 5.44. The molecular formula is C13H18O3. The molecule has 0 aromatic heterocycles. The Morgan fingerprint density at radius 3 is 2.62 bits per heavy atom. The number of ether oxygens (including phenoxy) is 1. The van der Waals surface area contributed by atoms with Gasteiger partial charge in [-0.3, -0.25) is 0 Å². The van der Waals surface area contributed by atoms with Crippen LogP contribution in [0.25, 0.3) is 0 Å². The monoisotopic (exact) mass is 222 g/mol. The fourth-order valence-electron chi connectivity index (χ4n) is 1.21. The molecule has 0 aliphatic rings. The molecule has 88 valence electrons. The maximum Gasteiger partial charge on any atom is 0.335 e. The Morgan fingerprint density at radius 2 is 2.06 bits per heavy atom. The fraction of sp³-hybridized carbons (Fsp3) is 0.462. The van der Waals surface area contributed by atoms with E-state index in [0.29, 0.717) is 18.1 Å². The third-order valence-corrected chi connectivity index (χ3v) is 2.63. The molecule has 0 aliphatic carbocycles. The van der Waals surface area contributed by atoms with Crippen LogP contribution in [0.5, 0.6) is 0 Å². The smallest absolute Gasteiger partial charge is 0.335 e. The van der Waals surface area contributed by atoms with E-state index in [1.54, 1.807) is 18.2 Å². The quantitative estimate of drug-likeness (QED) is 0.833. The standard InChI is InChI=1S/C13H18O3/c1-9(2)10(3)16-8-11-5-4-6-12(7-11)13(14)15/h4-7,9-10H,8H2,1-3H3,(H,14,15). The van der Waals surface area contributed by atoms with Gasteiger partial charge in [0.25, 0.3) is 0 Å². The molecule has 3 nitrogen and oxygen atoms in total. The molecule has 16 heavy (non-hydrogen) atoms. The van der Waals surface area contributed by atoms with E-state index in [4.69, 9.17) is 9.84 Å². The van der Waals surface area contributed by atoms with Crippen LogP contribution in [0.15, 0.2) is 24.3 Å². The molecule has 1 unspecified atom stereocenters. The highest BCUT2D eigenvalue weighted by Gasteiger charge is 2.08. The van der Waals surface area contributed by atoms with E-state index in [9.17, 15) is 4.79 Å². The number of carboxylic acids is 1. The largest absolute Gasteiger partial charge is 0.478 e. The average molecular weight is 222 g/mol. The Kier molecular flexibility index (Phi) is 4.50. The van der Waals surface area contributed by atoms with Crippen LogP contribution in [-0.4, -0.2) is 17.2 Å². The SMILES string of the molecule is CC(C)C(C)OCc1cccc(C(=O)O)c1. The Hall–Kier alpha value is -1.35. The Morgan fingerprint density at radius 1 is 1.38 bits per heavy atom. The first kappa shape index (κ1) is 12.7. The van der Waals surface area contributed by atoms with Crippen molar-refractivity contribution in [2.45, 2.75) is 33.5 Å². The molecule has 0 aliphatic heterocycles. The minimum absolute atomic E-state index is 0.175. The highest BCUT2D eigenvalue weighted by atomic mass is 16.5. The predicted octanol–water partition coefficient (Wildman–Crippen LogP) is 2.95. The first-order chi connectivity index (χ1) is 7.50. The topological polar surface area (TPSA) is 46.5 Å². The lowest BCUT2D eigenvalue weighted by molar-refractivity contribution is 0.0235. The van der Waals surface area contributed by atoms with E-state index in [-0.39, 0.29) is 6.10 Å². The van der Waals surface area contributed by atoms with Gasteiger partial charge in [0.15, 0.2) is 0 Å². The van der Waals surface area contributed by atoms with Gasteiger partial charge in [-0.1, -0.05) is 26.0 Å². The van der Waals surface area contributed by atoms with Crippen LogP contribution < -0.4 is 0 Å². The van der Waals surface area contributed by atoms with E-state index in [0.717, 1.165) is 5.56 Å². The van der Waals surface area contributed by atoms with Gasteiger partial charge in [0.1, 0.15) is 0 Å². The molecule has 1 aromatic rings. The van der Waals surface area contributed by atoms with Gasteiger partial charge in [0, 0.05) is 0 Å². The van der Waals surface area contributed by atoms with Gasteiger partial charge in [0.05, 0.1) is 18.3 Å². The van der Waals surface area contributed by atoms with Crippen LogP contribution in [0.3, 0.4) is 0 Å². The molecule has 1 aromatic carbocycles. The molecule has 0 heterocycles. The fourth-order valence-corrected chi connectivity index (χ4v) is 1.21. The molecule has 0 spiro atoms. The molecule has 0 fully saturated rings. The zero-order valence-corrected chi connectivity index (χ0v) is 9.93. The second kappa shape index (κ2) is 5.66. The van der Waals surface area contributed by atoms with Gasteiger partial charge in [-0.25, -0.2) is 4.79 Å². The lowest BCUT2D eigenvalue weighted by atomic mass is 10.1. The molecule has 0 radical (unpaired) electrons. The summed E-state index contributed by atoms with van der Waals surface area (Å²) < 4.78 is 5.63. The van der Waals surface area contributed by atoms with Crippen LogP contribution in [0.2, 0.25) is 0 Å². The molecule has 0 amide bonds. The number of hydrogen-bond acceptors (Lipinski definition) is 2. The van der Waals surface area contributed by atoms with Gasteiger partial charge >= 0.3 is 5.97 Å². The summed E-state index contributed by atoms with van der Waals surface area (Å²) in [5, 5.41) is 8.83. The van der Waals surface area contributed by atoms with Crippen LogP contribution in [0, 0.1) is 5.92 Å². The van der Waals surface area contributed by atoms with Gasteiger partial charge in [-0.2, -0.15) is 0 Å². The van der Waals surface area contributed by atoms with E-state index in [2.05, 4.69) is 13.8 Å². The highest BCUT2D eigenvalue weighted by molar-refractivity contribution is 5.87. The van der Waals surface area contributed by atoms with Crippen molar-refractivity contribution in [3.8, 4) is 0 Å². The van der Waals surface area contributed by atoms with Crippen LogP contribution >= 0.6 is 0 Å². The van der Waals surface area contributed by atoms with Crippen molar-refractivity contribution >= 4 is 5.97 Å². The summed E-state index contributed by atoms with van der Waals surface area (Å²) >= 11 is 0. The van der Waals surface area contributed by atoms with Crippen LogP contribution in [0.1, 0.15) is 36.7 Å². The van der Waals surface area contributed by atoms with Crippen LogP contribution in [0.4, 0.5) is 0 Å². The maximum atomic E-state index is 10.8.